The molecule has 1 heterocycles. The molecule has 0 atom stereocenters. The minimum atomic E-state index is 0.836. The zero-order chi connectivity index (χ0) is 13.1. The van der Waals surface area contributed by atoms with Crippen molar-refractivity contribution < 1.29 is 0 Å². The number of pyridine rings is 1. The maximum Gasteiger partial charge on any atom is 0.0300 e. The summed E-state index contributed by atoms with van der Waals surface area (Å²) in [6.45, 7) is 3.95. The highest BCUT2D eigenvalue weighted by Gasteiger charge is 2.23. The van der Waals surface area contributed by atoms with Gasteiger partial charge in [-0.15, -0.1) is 0 Å². The molecule has 1 aromatic carbocycles. The van der Waals surface area contributed by atoms with E-state index in [0.29, 0.717) is 0 Å². The van der Waals surface area contributed by atoms with Gasteiger partial charge in [0, 0.05) is 25.5 Å². The van der Waals surface area contributed by atoms with Crippen LogP contribution in [0.25, 0.3) is 0 Å². The van der Waals surface area contributed by atoms with E-state index in [0.717, 1.165) is 19.0 Å². The van der Waals surface area contributed by atoms with Gasteiger partial charge in [-0.1, -0.05) is 24.3 Å². The van der Waals surface area contributed by atoms with E-state index in [9.17, 15) is 0 Å². The Hall–Kier alpha value is -1.67. The number of aromatic nitrogens is 1. The molecule has 2 heteroatoms. The third-order valence-electron chi connectivity index (χ3n) is 3.78. The molecule has 1 saturated carbocycles. The highest BCUT2D eigenvalue weighted by molar-refractivity contribution is 5.29. The average Bonchev–Trinajstić information content (AvgIpc) is 3.26. The van der Waals surface area contributed by atoms with Crippen molar-refractivity contribution in [1.29, 1.82) is 0 Å². The number of aryl methyl sites for hydroxylation is 1. The molecule has 0 aliphatic heterocycles. The highest BCUT2D eigenvalue weighted by atomic mass is 14.8. The number of nitrogens with one attached hydrogen (secondary N) is 1. The zero-order valence-electron chi connectivity index (χ0n) is 11.4. The number of hydrogen-bond donors (Lipinski definition) is 1. The second-order valence-electron chi connectivity index (χ2n) is 5.43. The van der Waals surface area contributed by atoms with Gasteiger partial charge in [-0.3, -0.25) is 4.98 Å². The first kappa shape index (κ1) is 12.4. The predicted molar refractivity (Wildman–Crippen MR) is 77.9 cm³/mol. The molecule has 0 saturated heterocycles. The normalized spacial score (nSPS) is 14.6. The van der Waals surface area contributed by atoms with Crippen molar-refractivity contribution in [1.82, 2.24) is 10.3 Å². The molecule has 3 rings (SSSR count). The summed E-state index contributed by atoms with van der Waals surface area (Å²) in [5, 5.41) is 3.52. The van der Waals surface area contributed by atoms with Crippen molar-refractivity contribution >= 4 is 0 Å². The lowest BCUT2D eigenvalue weighted by molar-refractivity contribution is 0.689. The standard InChI is InChI=1S/C17H20N2/c1-13-10-18-8-7-17(13)12-19-11-14-3-2-4-16(9-14)15-5-6-15/h2-4,7-10,15,19H,5-6,11-12H2,1H3. The predicted octanol–water partition coefficient (Wildman–Crippen LogP) is 3.56. The van der Waals surface area contributed by atoms with E-state index in [4.69, 9.17) is 0 Å². The van der Waals surface area contributed by atoms with Crippen LogP contribution in [0.5, 0.6) is 0 Å². The summed E-state index contributed by atoms with van der Waals surface area (Å²) in [4.78, 5) is 4.12. The van der Waals surface area contributed by atoms with Crippen LogP contribution in [-0.4, -0.2) is 4.98 Å². The first-order valence-electron chi connectivity index (χ1n) is 7.02. The molecule has 98 valence electrons. The first-order chi connectivity index (χ1) is 9.33. The number of rotatable bonds is 5. The molecule has 19 heavy (non-hydrogen) atoms. The van der Waals surface area contributed by atoms with Crippen LogP contribution in [0.1, 0.15) is 41.0 Å². The second kappa shape index (κ2) is 5.54. The number of benzene rings is 1. The summed E-state index contributed by atoms with van der Waals surface area (Å²) in [5.41, 5.74) is 5.48. The van der Waals surface area contributed by atoms with E-state index >= 15 is 0 Å². The molecular formula is C17H20N2. The monoisotopic (exact) mass is 252 g/mol. The van der Waals surface area contributed by atoms with E-state index in [1.165, 1.54) is 35.1 Å². The Kier molecular flexibility index (Phi) is 3.60. The molecule has 0 spiro atoms. The molecule has 2 aromatic rings. The Morgan fingerprint density at radius 1 is 1.21 bits per heavy atom. The molecule has 0 unspecified atom stereocenters. The Morgan fingerprint density at radius 3 is 2.89 bits per heavy atom. The molecule has 2 nitrogen and oxygen atoms in total. The van der Waals surface area contributed by atoms with Crippen LogP contribution in [0.4, 0.5) is 0 Å². The molecular weight excluding hydrogens is 232 g/mol. The van der Waals surface area contributed by atoms with Gasteiger partial charge in [0.1, 0.15) is 0 Å². The zero-order valence-corrected chi connectivity index (χ0v) is 11.4. The van der Waals surface area contributed by atoms with Crippen LogP contribution in [-0.2, 0) is 13.1 Å². The van der Waals surface area contributed by atoms with Crippen molar-refractivity contribution in [3.63, 3.8) is 0 Å². The number of hydrogen-bond acceptors (Lipinski definition) is 2. The van der Waals surface area contributed by atoms with Crippen molar-refractivity contribution in [2.24, 2.45) is 0 Å². The average molecular weight is 252 g/mol. The van der Waals surface area contributed by atoms with Gasteiger partial charge in [0.05, 0.1) is 0 Å². The molecule has 1 aliphatic carbocycles. The SMILES string of the molecule is Cc1cnccc1CNCc1cccc(C2CC2)c1. The molecule has 0 bridgehead atoms. The topological polar surface area (TPSA) is 24.9 Å². The van der Waals surface area contributed by atoms with Crippen LogP contribution in [0.15, 0.2) is 42.7 Å². The molecule has 0 amide bonds. The highest BCUT2D eigenvalue weighted by Crippen LogP contribution is 2.40. The fourth-order valence-corrected chi connectivity index (χ4v) is 2.42. The molecule has 1 aliphatic rings. The lowest BCUT2D eigenvalue weighted by Crippen LogP contribution is -2.13. The van der Waals surface area contributed by atoms with Crippen molar-refractivity contribution in [2.45, 2.75) is 38.8 Å². The van der Waals surface area contributed by atoms with Gasteiger partial charge in [0.15, 0.2) is 0 Å². The fraction of sp³-hybridized carbons (Fsp3) is 0.353. The van der Waals surface area contributed by atoms with Crippen LogP contribution < -0.4 is 5.32 Å². The van der Waals surface area contributed by atoms with E-state index in [-0.39, 0.29) is 0 Å². The quantitative estimate of drug-likeness (QED) is 0.880. The van der Waals surface area contributed by atoms with E-state index in [2.05, 4.69) is 47.6 Å². The smallest absolute Gasteiger partial charge is 0.0300 e. The maximum absolute atomic E-state index is 4.12. The largest absolute Gasteiger partial charge is 0.309 e. The first-order valence-corrected chi connectivity index (χ1v) is 7.02. The Morgan fingerprint density at radius 2 is 2.11 bits per heavy atom. The second-order valence-corrected chi connectivity index (χ2v) is 5.43. The van der Waals surface area contributed by atoms with Gasteiger partial charge in [0.25, 0.3) is 0 Å². The summed E-state index contributed by atoms with van der Waals surface area (Å²) in [6, 6.07) is 11.1. The van der Waals surface area contributed by atoms with Crippen molar-refractivity contribution in [2.75, 3.05) is 0 Å². The summed E-state index contributed by atoms with van der Waals surface area (Å²) >= 11 is 0. The van der Waals surface area contributed by atoms with Crippen LogP contribution in [0.3, 0.4) is 0 Å². The summed E-state index contributed by atoms with van der Waals surface area (Å²) in [6.07, 6.45) is 6.52. The van der Waals surface area contributed by atoms with Gasteiger partial charge in [-0.2, -0.15) is 0 Å². The summed E-state index contributed by atoms with van der Waals surface area (Å²) in [7, 11) is 0. The molecule has 0 radical (unpaired) electrons. The summed E-state index contributed by atoms with van der Waals surface area (Å²) < 4.78 is 0. The minimum absolute atomic E-state index is 0.836. The van der Waals surface area contributed by atoms with Gasteiger partial charge in [-0.25, -0.2) is 0 Å². The summed E-state index contributed by atoms with van der Waals surface area (Å²) in [5.74, 6) is 0.836. The van der Waals surface area contributed by atoms with Crippen molar-refractivity contribution in [3.05, 3.63) is 65.0 Å². The lowest BCUT2D eigenvalue weighted by atomic mass is 10.1. The van der Waals surface area contributed by atoms with Gasteiger partial charge >= 0.3 is 0 Å². The van der Waals surface area contributed by atoms with E-state index < -0.39 is 0 Å². The minimum Gasteiger partial charge on any atom is -0.309 e. The third-order valence-corrected chi connectivity index (χ3v) is 3.78. The van der Waals surface area contributed by atoms with Gasteiger partial charge < -0.3 is 5.32 Å². The molecule has 1 N–H and O–H groups in total. The van der Waals surface area contributed by atoms with Gasteiger partial charge in [-0.05, 0) is 54.0 Å². The van der Waals surface area contributed by atoms with Crippen LogP contribution in [0, 0.1) is 6.92 Å². The van der Waals surface area contributed by atoms with E-state index in [1.807, 2.05) is 12.4 Å². The third kappa shape index (κ3) is 3.21. The Labute approximate surface area is 114 Å². The molecule has 1 aromatic heterocycles. The maximum atomic E-state index is 4.12. The fourth-order valence-electron chi connectivity index (χ4n) is 2.42. The van der Waals surface area contributed by atoms with Crippen LogP contribution in [0.2, 0.25) is 0 Å². The van der Waals surface area contributed by atoms with E-state index in [1.54, 1.807) is 0 Å². The lowest BCUT2D eigenvalue weighted by Gasteiger charge is -2.08. The van der Waals surface area contributed by atoms with Crippen LogP contribution >= 0.6 is 0 Å². The Balaban J connectivity index is 1.57. The van der Waals surface area contributed by atoms with Crippen molar-refractivity contribution in [3.8, 4) is 0 Å². The molecule has 1 fully saturated rings. The number of nitrogens with zero attached hydrogens (tertiary/aromatic N) is 1. The van der Waals surface area contributed by atoms with Gasteiger partial charge in [0.2, 0.25) is 0 Å². The Bertz CT molecular complexity index is 559.